The molecule has 2 aliphatic heterocycles. The van der Waals surface area contributed by atoms with Crippen LogP contribution in [0.2, 0.25) is 0 Å². The van der Waals surface area contributed by atoms with E-state index in [0.717, 1.165) is 4.88 Å². The largest absolute Gasteiger partial charge is 0.455 e. The number of hydrogen-bond acceptors (Lipinski definition) is 6. The number of hydrogen-bond donors (Lipinski definition) is 0. The fraction of sp³-hybridized carbons (Fsp3) is 0.550. The molecule has 0 N–H and O–H groups in total. The van der Waals surface area contributed by atoms with Gasteiger partial charge in [-0.2, -0.15) is 0 Å². The summed E-state index contributed by atoms with van der Waals surface area (Å²) in [5.41, 5.74) is 8.70. The summed E-state index contributed by atoms with van der Waals surface area (Å²) in [6.07, 6.45) is 1.65. The number of carbonyl (C=O) groups excluding carboxylic acids is 3. The standard InChI is InChI=1S/C20H24N4O4S/c1-20(2,3)28-19(27)17-12(11-22-23-21)6-7-16-15(18(26)24(16)17)10-13(25)9-14-5-4-8-29-14/h4-5,8,15-16H,6-7,9-11H2,1-3H3/t15-,16+/m0/s1. The lowest BCUT2D eigenvalue weighted by Gasteiger charge is -2.50. The smallest absolute Gasteiger partial charge is 0.355 e. The molecule has 0 bridgehead atoms. The molecule has 2 atom stereocenters. The zero-order valence-electron chi connectivity index (χ0n) is 16.8. The first-order chi connectivity index (χ1) is 13.7. The van der Waals surface area contributed by atoms with Crippen molar-refractivity contribution in [2.24, 2.45) is 11.0 Å². The summed E-state index contributed by atoms with van der Waals surface area (Å²) in [6, 6.07) is 3.60. The van der Waals surface area contributed by atoms with E-state index in [1.54, 1.807) is 20.8 Å². The zero-order chi connectivity index (χ0) is 21.2. The number of fused-ring (bicyclic) bond motifs is 1. The number of β-lactam (4-membered cyclic amide) rings is 1. The van der Waals surface area contributed by atoms with Crippen LogP contribution in [0.25, 0.3) is 10.4 Å². The van der Waals surface area contributed by atoms with Crippen molar-refractivity contribution in [1.82, 2.24) is 4.90 Å². The second kappa shape index (κ2) is 8.39. The molecule has 0 unspecified atom stereocenters. The monoisotopic (exact) mass is 416 g/mol. The summed E-state index contributed by atoms with van der Waals surface area (Å²) in [6.45, 7) is 5.28. The Kier molecular flexibility index (Phi) is 6.10. The van der Waals surface area contributed by atoms with E-state index in [1.165, 1.54) is 16.2 Å². The third kappa shape index (κ3) is 4.68. The molecule has 154 valence electrons. The Bertz CT molecular complexity index is 894. The lowest BCUT2D eigenvalue weighted by Crippen LogP contribution is -2.63. The molecule has 1 fully saturated rings. The van der Waals surface area contributed by atoms with Crippen LogP contribution in [0.15, 0.2) is 33.9 Å². The Hall–Kier alpha value is -2.64. The van der Waals surface area contributed by atoms with Crippen LogP contribution in [0.4, 0.5) is 0 Å². The van der Waals surface area contributed by atoms with E-state index in [4.69, 9.17) is 10.3 Å². The third-order valence-electron chi connectivity index (χ3n) is 4.98. The average molecular weight is 417 g/mol. The molecule has 29 heavy (non-hydrogen) atoms. The summed E-state index contributed by atoms with van der Waals surface area (Å²) in [7, 11) is 0. The van der Waals surface area contributed by atoms with Gasteiger partial charge >= 0.3 is 5.97 Å². The fourth-order valence-corrected chi connectivity index (χ4v) is 4.54. The van der Waals surface area contributed by atoms with Crippen LogP contribution in [0.5, 0.6) is 0 Å². The molecule has 9 heteroatoms. The van der Waals surface area contributed by atoms with Crippen molar-refractivity contribution in [2.75, 3.05) is 6.54 Å². The van der Waals surface area contributed by atoms with Gasteiger partial charge < -0.3 is 9.64 Å². The first-order valence-electron chi connectivity index (χ1n) is 9.54. The van der Waals surface area contributed by atoms with Gasteiger partial charge in [-0.1, -0.05) is 11.2 Å². The lowest BCUT2D eigenvalue weighted by molar-refractivity contribution is -0.165. The molecule has 1 amide bonds. The van der Waals surface area contributed by atoms with Gasteiger partial charge in [-0.25, -0.2) is 4.79 Å². The van der Waals surface area contributed by atoms with Crippen molar-refractivity contribution in [3.05, 3.63) is 44.1 Å². The second-order valence-electron chi connectivity index (χ2n) is 8.26. The van der Waals surface area contributed by atoms with Gasteiger partial charge in [-0.3, -0.25) is 9.59 Å². The third-order valence-corrected chi connectivity index (χ3v) is 5.86. The molecular weight excluding hydrogens is 392 g/mol. The van der Waals surface area contributed by atoms with E-state index < -0.39 is 17.5 Å². The summed E-state index contributed by atoms with van der Waals surface area (Å²) in [4.78, 5) is 43.3. The van der Waals surface area contributed by atoms with Gasteiger partial charge in [0.05, 0.1) is 5.92 Å². The summed E-state index contributed by atoms with van der Waals surface area (Å²) >= 11 is 1.52. The molecule has 0 aromatic carbocycles. The summed E-state index contributed by atoms with van der Waals surface area (Å²) < 4.78 is 5.48. The van der Waals surface area contributed by atoms with Gasteiger partial charge in [-0.15, -0.1) is 11.3 Å². The van der Waals surface area contributed by atoms with E-state index in [2.05, 4.69) is 10.0 Å². The first-order valence-corrected chi connectivity index (χ1v) is 10.4. The minimum absolute atomic E-state index is 0.0174. The van der Waals surface area contributed by atoms with Gasteiger partial charge in [-0.05, 0) is 56.2 Å². The van der Waals surface area contributed by atoms with E-state index in [9.17, 15) is 14.4 Å². The Labute approximate surface area is 173 Å². The van der Waals surface area contributed by atoms with Crippen LogP contribution in [-0.2, 0) is 25.5 Å². The molecule has 3 rings (SSSR count). The molecule has 1 aromatic heterocycles. The van der Waals surface area contributed by atoms with Crippen LogP contribution < -0.4 is 0 Å². The number of esters is 1. The molecule has 0 spiro atoms. The first kappa shape index (κ1) is 21.1. The fourth-order valence-electron chi connectivity index (χ4n) is 3.81. The van der Waals surface area contributed by atoms with Crippen molar-refractivity contribution in [3.8, 4) is 0 Å². The molecule has 2 aliphatic rings. The van der Waals surface area contributed by atoms with E-state index in [0.29, 0.717) is 24.8 Å². The summed E-state index contributed by atoms with van der Waals surface area (Å²) in [5, 5.41) is 5.49. The number of ketones is 1. The number of carbonyl (C=O) groups is 3. The van der Waals surface area contributed by atoms with Gasteiger partial charge in [0, 0.05) is 35.2 Å². The highest BCUT2D eigenvalue weighted by molar-refractivity contribution is 7.10. The maximum atomic E-state index is 12.9. The average Bonchev–Trinajstić information content (AvgIpc) is 3.15. The predicted molar refractivity (Wildman–Crippen MR) is 108 cm³/mol. The highest BCUT2D eigenvalue weighted by Gasteiger charge is 2.53. The highest BCUT2D eigenvalue weighted by Crippen LogP contribution is 2.42. The minimum Gasteiger partial charge on any atom is -0.455 e. The molecule has 1 saturated heterocycles. The van der Waals surface area contributed by atoms with Crippen LogP contribution in [0, 0.1) is 5.92 Å². The molecule has 0 radical (unpaired) electrons. The Morgan fingerprint density at radius 2 is 2.17 bits per heavy atom. The molecular formula is C20H24N4O4S. The van der Waals surface area contributed by atoms with Crippen LogP contribution in [0.1, 0.15) is 44.9 Å². The highest BCUT2D eigenvalue weighted by atomic mass is 32.1. The number of azide groups is 1. The normalized spacial score (nSPS) is 21.2. The number of ether oxygens (including phenoxy) is 1. The van der Waals surface area contributed by atoms with Crippen LogP contribution in [-0.4, -0.2) is 40.7 Å². The Morgan fingerprint density at radius 3 is 2.79 bits per heavy atom. The van der Waals surface area contributed by atoms with E-state index in [-0.39, 0.29) is 36.4 Å². The van der Waals surface area contributed by atoms with Crippen molar-refractivity contribution < 1.29 is 19.1 Å². The number of thiophene rings is 1. The van der Waals surface area contributed by atoms with E-state index >= 15 is 0 Å². The van der Waals surface area contributed by atoms with Crippen LogP contribution in [0.3, 0.4) is 0 Å². The topological polar surface area (TPSA) is 112 Å². The lowest BCUT2D eigenvalue weighted by atomic mass is 9.76. The maximum absolute atomic E-state index is 12.9. The zero-order valence-corrected chi connectivity index (χ0v) is 17.6. The number of rotatable bonds is 7. The van der Waals surface area contributed by atoms with Gasteiger partial charge in [0.25, 0.3) is 0 Å². The predicted octanol–water partition coefficient (Wildman–Crippen LogP) is 3.78. The minimum atomic E-state index is -0.718. The van der Waals surface area contributed by atoms with Crippen LogP contribution >= 0.6 is 11.3 Å². The second-order valence-corrected chi connectivity index (χ2v) is 9.29. The molecule has 1 aromatic rings. The maximum Gasteiger partial charge on any atom is 0.355 e. The van der Waals surface area contributed by atoms with Crippen molar-refractivity contribution in [1.29, 1.82) is 0 Å². The summed E-state index contributed by atoms with van der Waals surface area (Å²) in [5.74, 6) is -1.23. The van der Waals surface area contributed by atoms with Gasteiger partial charge in [0.1, 0.15) is 17.1 Å². The number of nitrogens with zero attached hydrogens (tertiary/aromatic N) is 4. The van der Waals surface area contributed by atoms with Crippen molar-refractivity contribution >= 4 is 29.0 Å². The van der Waals surface area contributed by atoms with Gasteiger partial charge in [0.2, 0.25) is 5.91 Å². The molecule has 8 nitrogen and oxygen atoms in total. The van der Waals surface area contributed by atoms with Gasteiger partial charge in [0.15, 0.2) is 0 Å². The van der Waals surface area contributed by atoms with Crippen molar-refractivity contribution in [3.63, 3.8) is 0 Å². The SMILES string of the molecule is CC(C)(C)OC(=O)C1=C(CN=[N+]=[N-])CC[C@@H]2[C@H](CC(=O)Cc3cccs3)C(=O)N12. The molecule has 0 aliphatic carbocycles. The molecule has 0 saturated carbocycles. The Morgan fingerprint density at radius 1 is 1.41 bits per heavy atom. The number of Topliss-reactive ketones (excluding diaryl/α,β-unsaturated/α-hetero) is 1. The number of amides is 1. The molecule has 3 heterocycles. The quantitative estimate of drug-likeness (QED) is 0.221. The Balaban J connectivity index is 1.77. The van der Waals surface area contributed by atoms with E-state index in [1.807, 2.05) is 17.5 Å². The van der Waals surface area contributed by atoms with Crippen molar-refractivity contribution in [2.45, 2.75) is 58.1 Å².